The maximum absolute atomic E-state index is 4.16. The van der Waals surface area contributed by atoms with Crippen LogP contribution in [0.25, 0.3) is 0 Å². The number of fused-ring (bicyclic) bond motifs is 1. The molecule has 19 heavy (non-hydrogen) atoms. The second-order valence-corrected chi connectivity index (χ2v) is 5.01. The van der Waals surface area contributed by atoms with Crippen LogP contribution < -0.4 is 5.32 Å². The van der Waals surface area contributed by atoms with Crippen LogP contribution in [0.1, 0.15) is 12.7 Å². The summed E-state index contributed by atoms with van der Waals surface area (Å²) in [5.41, 5.74) is 1.18. The normalized spacial score (nSPS) is 16.9. The summed E-state index contributed by atoms with van der Waals surface area (Å²) in [7, 11) is 0. The number of para-hydroxylation sites is 1. The van der Waals surface area contributed by atoms with Gasteiger partial charge in [-0.3, -0.25) is 4.90 Å². The molecule has 0 radical (unpaired) electrons. The number of aromatic nitrogens is 3. The average molecular weight is 257 g/mol. The van der Waals surface area contributed by atoms with Crippen molar-refractivity contribution >= 4 is 5.69 Å². The first-order valence-corrected chi connectivity index (χ1v) is 6.72. The third kappa shape index (κ3) is 2.76. The van der Waals surface area contributed by atoms with Gasteiger partial charge in [-0.15, -0.1) is 10.2 Å². The van der Waals surface area contributed by atoms with Crippen molar-refractivity contribution in [3.05, 3.63) is 42.5 Å². The Balaban J connectivity index is 1.55. The first kappa shape index (κ1) is 12.2. The molecule has 2 aromatic rings. The first-order chi connectivity index (χ1) is 9.33. The van der Waals surface area contributed by atoms with Crippen molar-refractivity contribution in [2.24, 2.45) is 0 Å². The Kier molecular flexibility index (Phi) is 3.46. The summed E-state index contributed by atoms with van der Waals surface area (Å²) in [4.78, 5) is 2.44. The van der Waals surface area contributed by atoms with E-state index in [1.54, 1.807) is 0 Å². The summed E-state index contributed by atoms with van der Waals surface area (Å²) in [5, 5.41) is 11.6. The van der Waals surface area contributed by atoms with Crippen LogP contribution in [-0.2, 0) is 13.1 Å². The molecule has 0 fully saturated rings. The molecule has 1 aliphatic heterocycles. The molecular weight excluding hydrogens is 238 g/mol. The lowest BCUT2D eigenvalue weighted by Gasteiger charge is -2.32. The molecule has 0 bridgehead atoms. The van der Waals surface area contributed by atoms with Gasteiger partial charge in [0, 0.05) is 31.4 Å². The highest BCUT2D eigenvalue weighted by Crippen LogP contribution is 2.13. The molecule has 3 rings (SSSR count). The monoisotopic (exact) mass is 257 g/mol. The molecule has 1 aromatic heterocycles. The third-order valence-corrected chi connectivity index (χ3v) is 3.67. The van der Waals surface area contributed by atoms with Crippen LogP contribution in [0.3, 0.4) is 0 Å². The fourth-order valence-electron chi connectivity index (χ4n) is 2.41. The molecule has 5 nitrogen and oxygen atoms in total. The van der Waals surface area contributed by atoms with E-state index in [4.69, 9.17) is 0 Å². The van der Waals surface area contributed by atoms with Gasteiger partial charge in [0.1, 0.15) is 12.2 Å². The Morgan fingerprint density at radius 3 is 2.95 bits per heavy atom. The van der Waals surface area contributed by atoms with Crippen molar-refractivity contribution in [2.75, 3.05) is 18.4 Å². The van der Waals surface area contributed by atoms with E-state index in [2.05, 4.69) is 56.2 Å². The quantitative estimate of drug-likeness (QED) is 0.903. The fourth-order valence-corrected chi connectivity index (χ4v) is 2.41. The highest BCUT2D eigenvalue weighted by Gasteiger charge is 2.21. The Morgan fingerprint density at radius 1 is 1.26 bits per heavy atom. The van der Waals surface area contributed by atoms with Crippen LogP contribution >= 0.6 is 0 Å². The Morgan fingerprint density at radius 2 is 2.11 bits per heavy atom. The van der Waals surface area contributed by atoms with Gasteiger partial charge in [-0.05, 0) is 19.1 Å². The summed E-state index contributed by atoms with van der Waals surface area (Å²) in [6.07, 6.45) is 1.82. The Bertz CT molecular complexity index is 522. The summed E-state index contributed by atoms with van der Waals surface area (Å²) in [6.45, 7) is 6.12. The van der Waals surface area contributed by atoms with Gasteiger partial charge < -0.3 is 9.88 Å². The van der Waals surface area contributed by atoms with Crippen molar-refractivity contribution in [1.29, 1.82) is 0 Å². The minimum Gasteiger partial charge on any atom is -0.383 e. The lowest BCUT2D eigenvalue weighted by molar-refractivity contribution is 0.169. The predicted octanol–water partition coefficient (Wildman–Crippen LogP) is 1.59. The van der Waals surface area contributed by atoms with Crippen LogP contribution in [-0.4, -0.2) is 38.8 Å². The van der Waals surface area contributed by atoms with Gasteiger partial charge in [0.25, 0.3) is 0 Å². The van der Waals surface area contributed by atoms with Gasteiger partial charge in [0.2, 0.25) is 0 Å². The van der Waals surface area contributed by atoms with Gasteiger partial charge in [0.15, 0.2) is 0 Å². The van der Waals surface area contributed by atoms with Gasteiger partial charge in [0.05, 0.1) is 6.54 Å². The maximum atomic E-state index is 4.16. The molecule has 2 heterocycles. The number of hydrogen-bond acceptors (Lipinski definition) is 4. The zero-order chi connectivity index (χ0) is 13.1. The third-order valence-electron chi connectivity index (χ3n) is 3.67. The van der Waals surface area contributed by atoms with Gasteiger partial charge >= 0.3 is 0 Å². The average Bonchev–Trinajstić information content (AvgIpc) is 2.93. The van der Waals surface area contributed by atoms with E-state index >= 15 is 0 Å². The van der Waals surface area contributed by atoms with E-state index in [1.807, 2.05) is 12.4 Å². The minimum absolute atomic E-state index is 0.477. The van der Waals surface area contributed by atoms with Crippen LogP contribution in [0.2, 0.25) is 0 Å². The smallest absolute Gasteiger partial charge is 0.147 e. The first-order valence-electron chi connectivity index (χ1n) is 6.72. The zero-order valence-corrected chi connectivity index (χ0v) is 11.2. The fraction of sp³-hybridized carbons (Fsp3) is 0.429. The standard InChI is InChI=1S/C14H19N5/c1-12(9-15-13-5-3-2-4-6-13)18-7-8-19-11-16-17-14(19)10-18/h2-6,11-12,15H,7-10H2,1H3. The molecule has 100 valence electrons. The molecule has 1 unspecified atom stereocenters. The van der Waals surface area contributed by atoms with Crippen LogP contribution in [0, 0.1) is 0 Å². The second kappa shape index (κ2) is 5.40. The van der Waals surface area contributed by atoms with Gasteiger partial charge in [-0.2, -0.15) is 0 Å². The highest BCUT2D eigenvalue weighted by atomic mass is 15.3. The Labute approximate surface area is 113 Å². The summed E-state index contributed by atoms with van der Waals surface area (Å²) >= 11 is 0. The van der Waals surface area contributed by atoms with E-state index in [-0.39, 0.29) is 0 Å². The number of anilines is 1. The van der Waals surface area contributed by atoms with Gasteiger partial charge in [-0.1, -0.05) is 18.2 Å². The molecule has 0 spiro atoms. The number of benzene rings is 1. The lowest BCUT2D eigenvalue weighted by atomic mass is 10.2. The minimum atomic E-state index is 0.477. The molecule has 5 heteroatoms. The number of hydrogen-bond donors (Lipinski definition) is 1. The van der Waals surface area contributed by atoms with E-state index in [9.17, 15) is 0 Å². The SMILES string of the molecule is CC(CNc1ccccc1)N1CCn2cnnc2C1. The summed E-state index contributed by atoms with van der Waals surface area (Å²) < 4.78 is 2.13. The molecule has 1 N–H and O–H groups in total. The van der Waals surface area contributed by atoms with Crippen molar-refractivity contribution in [3.63, 3.8) is 0 Å². The van der Waals surface area contributed by atoms with E-state index in [0.29, 0.717) is 6.04 Å². The lowest BCUT2D eigenvalue weighted by Crippen LogP contribution is -2.42. The van der Waals surface area contributed by atoms with Crippen molar-refractivity contribution in [2.45, 2.75) is 26.1 Å². The number of rotatable bonds is 4. The Hall–Kier alpha value is -1.88. The van der Waals surface area contributed by atoms with Crippen molar-refractivity contribution in [3.8, 4) is 0 Å². The topological polar surface area (TPSA) is 46.0 Å². The van der Waals surface area contributed by atoms with E-state index in [1.165, 1.54) is 5.69 Å². The van der Waals surface area contributed by atoms with Crippen LogP contribution in [0.4, 0.5) is 5.69 Å². The predicted molar refractivity (Wildman–Crippen MR) is 74.8 cm³/mol. The highest BCUT2D eigenvalue weighted by molar-refractivity contribution is 5.42. The molecule has 0 aliphatic carbocycles. The largest absolute Gasteiger partial charge is 0.383 e. The molecule has 1 aromatic carbocycles. The van der Waals surface area contributed by atoms with E-state index in [0.717, 1.165) is 32.0 Å². The molecule has 1 atom stereocenters. The second-order valence-electron chi connectivity index (χ2n) is 5.01. The van der Waals surface area contributed by atoms with Crippen molar-refractivity contribution in [1.82, 2.24) is 19.7 Å². The van der Waals surface area contributed by atoms with Crippen molar-refractivity contribution < 1.29 is 0 Å². The number of nitrogens with one attached hydrogen (secondary N) is 1. The maximum Gasteiger partial charge on any atom is 0.147 e. The van der Waals surface area contributed by atoms with E-state index < -0.39 is 0 Å². The summed E-state index contributed by atoms with van der Waals surface area (Å²) in [5.74, 6) is 1.07. The number of nitrogens with zero attached hydrogens (tertiary/aromatic N) is 4. The van der Waals surface area contributed by atoms with Gasteiger partial charge in [-0.25, -0.2) is 0 Å². The van der Waals surface area contributed by atoms with Crippen LogP contribution in [0.15, 0.2) is 36.7 Å². The molecule has 0 saturated heterocycles. The molecule has 0 amide bonds. The zero-order valence-electron chi connectivity index (χ0n) is 11.2. The molecule has 1 aliphatic rings. The molecular formula is C14H19N5. The molecule has 0 saturated carbocycles. The van der Waals surface area contributed by atoms with Crippen LogP contribution in [0.5, 0.6) is 0 Å². The summed E-state index contributed by atoms with van der Waals surface area (Å²) in [6, 6.07) is 10.8.